The van der Waals surface area contributed by atoms with Gasteiger partial charge in [-0.1, -0.05) is 123 Å². The molecule has 0 aliphatic carbocycles. The second-order valence-corrected chi connectivity index (χ2v) is 7.64. The summed E-state index contributed by atoms with van der Waals surface area (Å²) in [5, 5.41) is 0. The molecule has 1 atom stereocenters. The SMILES string of the molecule is CCCCCCCCCCCCCCCCCCC(N)CCC. The Morgan fingerprint density at radius 2 is 0.783 bits per heavy atom. The molecule has 0 bridgehead atoms. The van der Waals surface area contributed by atoms with Crippen LogP contribution >= 0.6 is 0 Å². The molecule has 0 saturated carbocycles. The molecule has 0 heterocycles. The van der Waals surface area contributed by atoms with Crippen LogP contribution in [0.2, 0.25) is 0 Å². The van der Waals surface area contributed by atoms with Gasteiger partial charge in [0, 0.05) is 6.04 Å². The summed E-state index contributed by atoms with van der Waals surface area (Å²) in [5.74, 6) is 0. The van der Waals surface area contributed by atoms with Gasteiger partial charge in [0.05, 0.1) is 0 Å². The standard InChI is InChI=1S/C22H47N/c1-3-5-6-7-8-9-10-11-12-13-14-15-16-17-18-19-21-22(23)20-4-2/h22H,3-21,23H2,1-2H3. The van der Waals surface area contributed by atoms with Crippen LogP contribution in [0.5, 0.6) is 0 Å². The molecule has 0 aromatic carbocycles. The quantitative estimate of drug-likeness (QED) is 0.241. The van der Waals surface area contributed by atoms with Crippen molar-refractivity contribution in [3.63, 3.8) is 0 Å². The van der Waals surface area contributed by atoms with Crippen molar-refractivity contribution in [1.29, 1.82) is 0 Å². The minimum Gasteiger partial charge on any atom is -0.328 e. The van der Waals surface area contributed by atoms with Gasteiger partial charge in [0.2, 0.25) is 0 Å². The van der Waals surface area contributed by atoms with E-state index in [9.17, 15) is 0 Å². The van der Waals surface area contributed by atoms with Crippen LogP contribution in [-0.2, 0) is 0 Å². The normalized spacial score (nSPS) is 12.7. The summed E-state index contributed by atoms with van der Waals surface area (Å²) in [4.78, 5) is 0. The van der Waals surface area contributed by atoms with E-state index in [2.05, 4.69) is 13.8 Å². The summed E-state index contributed by atoms with van der Waals surface area (Å²) in [7, 11) is 0. The summed E-state index contributed by atoms with van der Waals surface area (Å²) < 4.78 is 0. The number of rotatable bonds is 19. The van der Waals surface area contributed by atoms with Crippen LogP contribution < -0.4 is 5.73 Å². The summed E-state index contributed by atoms with van der Waals surface area (Å²) >= 11 is 0. The van der Waals surface area contributed by atoms with E-state index in [1.54, 1.807) is 0 Å². The molecule has 0 fully saturated rings. The van der Waals surface area contributed by atoms with E-state index in [0.29, 0.717) is 6.04 Å². The summed E-state index contributed by atoms with van der Waals surface area (Å²) in [6.45, 7) is 4.52. The van der Waals surface area contributed by atoms with Crippen LogP contribution in [0.25, 0.3) is 0 Å². The van der Waals surface area contributed by atoms with Crippen molar-refractivity contribution in [1.82, 2.24) is 0 Å². The first-order valence-electron chi connectivity index (χ1n) is 11.1. The van der Waals surface area contributed by atoms with Crippen molar-refractivity contribution in [2.75, 3.05) is 0 Å². The second kappa shape index (κ2) is 20.0. The van der Waals surface area contributed by atoms with Crippen molar-refractivity contribution in [3.05, 3.63) is 0 Å². The molecule has 0 rings (SSSR count). The molecule has 23 heavy (non-hydrogen) atoms. The van der Waals surface area contributed by atoms with E-state index >= 15 is 0 Å². The fourth-order valence-electron chi connectivity index (χ4n) is 3.47. The van der Waals surface area contributed by atoms with Gasteiger partial charge < -0.3 is 5.73 Å². The molecule has 1 nitrogen and oxygen atoms in total. The molecule has 0 aromatic heterocycles. The van der Waals surface area contributed by atoms with Gasteiger partial charge in [-0.25, -0.2) is 0 Å². The molecule has 0 radical (unpaired) electrons. The number of hydrogen-bond donors (Lipinski definition) is 1. The molecule has 0 aliphatic rings. The Hall–Kier alpha value is -0.0400. The van der Waals surface area contributed by atoms with Crippen LogP contribution in [0.15, 0.2) is 0 Å². The Kier molecular flexibility index (Phi) is 20.0. The Bertz CT molecular complexity index is 202. The van der Waals surface area contributed by atoms with Crippen molar-refractivity contribution in [2.45, 2.75) is 142 Å². The molecule has 0 spiro atoms. The van der Waals surface area contributed by atoms with Gasteiger partial charge in [0.15, 0.2) is 0 Å². The van der Waals surface area contributed by atoms with Gasteiger partial charge in [-0.3, -0.25) is 0 Å². The largest absolute Gasteiger partial charge is 0.328 e. The van der Waals surface area contributed by atoms with E-state index in [0.717, 1.165) is 0 Å². The third kappa shape index (κ3) is 19.9. The van der Waals surface area contributed by atoms with Crippen LogP contribution in [0, 0.1) is 0 Å². The third-order valence-electron chi connectivity index (χ3n) is 5.09. The van der Waals surface area contributed by atoms with Gasteiger partial charge in [-0.2, -0.15) is 0 Å². The summed E-state index contributed by atoms with van der Waals surface area (Å²) in [5.41, 5.74) is 6.04. The molecule has 140 valence electrons. The van der Waals surface area contributed by atoms with E-state index < -0.39 is 0 Å². The average Bonchev–Trinajstić information content (AvgIpc) is 2.54. The Labute approximate surface area is 148 Å². The van der Waals surface area contributed by atoms with Crippen LogP contribution in [0.1, 0.15) is 136 Å². The molecule has 1 unspecified atom stereocenters. The maximum absolute atomic E-state index is 6.04. The molecule has 2 N–H and O–H groups in total. The average molecular weight is 326 g/mol. The third-order valence-corrected chi connectivity index (χ3v) is 5.09. The Morgan fingerprint density at radius 3 is 1.13 bits per heavy atom. The van der Waals surface area contributed by atoms with Gasteiger partial charge in [0.25, 0.3) is 0 Å². The van der Waals surface area contributed by atoms with E-state index in [1.165, 1.54) is 122 Å². The maximum atomic E-state index is 6.04. The van der Waals surface area contributed by atoms with Crippen molar-refractivity contribution in [2.24, 2.45) is 5.73 Å². The Morgan fingerprint density at radius 1 is 0.435 bits per heavy atom. The van der Waals surface area contributed by atoms with E-state index in [1.807, 2.05) is 0 Å². The predicted octanol–water partition coefficient (Wildman–Crippen LogP) is 7.77. The highest BCUT2D eigenvalue weighted by molar-refractivity contribution is 4.60. The molecule has 0 aliphatic heterocycles. The molecule has 1 heteroatoms. The van der Waals surface area contributed by atoms with Crippen molar-refractivity contribution < 1.29 is 0 Å². The molecule has 0 saturated heterocycles. The number of hydrogen-bond acceptors (Lipinski definition) is 1. The van der Waals surface area contributed by atoms with Gasteiger partial charge in [0.1, 0.15) is 0 Å². The van der Waals surface area contributed by atoms with E-state index in [-0.39, 0.29) is 0 Å². The number of unbranched alkanes of at least 4 members (excludes halogenated alkanes) is 15. The first kappa shape index (κ1) is 23.0. The highest BCUT2D eigenvalue weighted by Crippen LogP contribution is 2.14. The lowest BCUT2D eigenvalue weighted by atomic mass is 10.0. The Balaban J connectivity index is 3.00. The lowest BCUT2D eigenvalue weighted by molar-refractivity contribution is 0.499. The fourth-order valence-corrected chi connectivity index (χ4v) is 3.47. The second-order valence-electron chi connectivity index (χ2n) is 7.64. The zero-order chi connectivity index (χ0) is 17.0. The molecule has 0 amide bonds. The first-order valence-corrected chi connectivity index (χ1v) is 11.1. The van der Waals surface area contributed by atoms with Crippen molar-refractivity contribution in [3.8, 4) is 0 Å². The predicted molar refractivity (Wildman–Crippen MR) is 107 cm³/mol. The molecular weight excluding hydrogens is 278 g/mol. The maximum Gasteiger partial charge on any atom is 0.00387 e. The fraction of sp³-hybridized carbons (Fsp3) is 1.00. The summed E-state index contributed by atoms with van der Waals surface area (Å²) in [6.07, 6.45) is 26.8. The molecular formula is C22H47N. The lowest BCUT2D eigenvalue weighted by Crippen LogP contribution is -2.18. The zero-order valence-corrected chi connectivity index (χ0v) is 16.6. The van der Waals surface area contributed by atoms with Gasteiger partial charge in [-0.05, 0) is 12.8 Å². The monoisotopic (exact) mass is 325 g/mol. The smallest absolute Gasteiger partial charge is 0.00387 e. The first-order chi connectivity index (χ1) is 11.3. The van der Waals surface area contributed by atoms with E-state index in [4.69, 9.17) is 5.73 Å². The lowest BCUT2D eigenvalue weighted by Gasteiger charge is -2.09. The summed E-state index contributed by atoms with van der Waals surface area (Å²) in [6, 6.07) is 0.464. The minimum absolute atomic E-state index is 0.464. The topological polar surface area (TPSA) is 26.0 Å². The van der Waals surface area contributed by atoms with Gasteiger partial charge >= 0.3 is 0 Å². The zero-order valence-electron chi connectivity index (χ0n) is 16.6. The highest BCUT2D eigenvalue weighted by Gasteiger charge is 2.00. The molecule has 0 aromatic rings. The highest BCUT2D eigenvalue weighted by atomic mass is 14.6. The van der Waals surface area contributed by atoms with Crippen LogP contribution in [-0.4, -0.2) is 6.04 Å². The van der Waals surface area contributed by atoms with Crippen molar-refractivity contribution >= 4 is 0 Å². The van der Waals surface area contributed by atoms with Crippen LogP contribution in [0.3, 0.4) is 0 Å². The minimum atomic E-state index is 0.464. The number of nitrogens with two attached hydrogens (primary N) is 1. The van der Waals surface area contributed by atoms with Crippen LogP contribution in [0.4, 0.5) is 0 Å². The van der Waals surface area contributed by atoms with Gasteiger partial charge in [-0.15, -0.1) is 0 Å².